The summed E-state index contributed by atoms with van der Waals surface area (Å²) in [6, 6.07) is 9.33. The normalized spacial score (nSPS) is 25.4. The van der Waals surface area contributed by atoms with Gasteiger partial charge in [-0.15, -0.1) is 0 Å². The number of aliphatic hydroxyl groups excluding tert-OH is 1. The van der Waals surface area contributed by atoms with Gasteiger partial charge in [-0.3, -0.25) is 9.80 Å². The molecule has 0 aliphatic carbocycles. The SMILES string of the molecule is CCC[C@H]1COC[C@H]2CN(Cc3cccc(OCCO)c3)CCN12. The number of morpholine rings is 1. The molecule has 134 valence electrons. The van der Waals surface area contributed by atoms with Crippen LogP contribution in [-0.4, -0.2) is 73.1 Å². The maximum absolute atomic E-state index is 8.88. The molecule has 3 rings (SSSR count). The molecule has 5 heteroatoms. The molecule has 24 heavy (non-hydrogen) atoms. The first-order chi connectivity index (χ1) is 11.8. The van der Waals surface area contributed by atoms with E-state index in [0.717, 1.165) is 45.1 Å². The maximum Gasteiger partial charge on any atom is 0.119 e. The summed E-state index contributed by atoms with van der Waals surface area (Å²) in [7, 11) is 0. The third kappa shape index (κ3) is 4.48. The first-order valence-corrected chi connectivity index (χ1v) is 9.18. The Morgan fingerprint density at radius 2 is 2.21 bits per heavy atom. The van der Waals surface area contributed by atoms with E-state index in [1.165, 1.54) is 18.4 Å². The largest absolute Gasteiger partial charge is 0.491 e. The molecule has 0 bridgehead atoms. The molecule has 0 unspecified atom stereocenters. The second-order valence-corrected chi connectivity index (χ2v) is 6.83. The summed E-state index contributed by atoms with van der Waals surface area (Å²) >= 11 is 0. The monoisotopic (exact) mass is 334 g/mol. The number of hydrogen-bond donors (Lipinski definition) is 1. The summed E-state index contributed by atoms with van der Waals surface area (Å²) in [5.41, 5.74) is 1.26. The molecule has 1 aromatic carbocycles. The highest BCUT2D eigenvalue weighted by Gasteiger charge is 2.34. The summed E-state index contributed by atoms with van der Waals surface area (Å²) in [6.07, 6.45) is 2.46. The van der Waals surface area contributed by atoms with Crippen LogP contribution in [0.25, 0.3) is 0 Å². The van der Waals surface area contributed by atoms with Crippen LogP contribution in [0.4, 0.5) is 0 Å². The second kappa shape index (κ2) is 8.81. The highest BCUT2D eigenvalue weighted by molar-refractivity contribution is 5.28. The van der Waals surface area contributed by atoms with Gasteiger partial charge < -0.3 is 14.6 Å². The van der Waals surface area contributed by atoms with Crippen molar-refractivity contribution >= 4 is 0 Å². The van der Waals surface area contributed by atoms with Crippen LogP contribution in [0, 0.1) is 0 Å². The zero-order valence-corrected chi connectivity index (χ0v) is 14.7. The Bertz CT molecular complexity index is 509. The Labute approximate surface area is 145 Å². The van der Waals surface area contributed by atoms with E-state index in [4.69, 9.17) is 14.6 Å². The first-order valence-electron chi connectivity index (χ1n) is 9.18. The number of piperazine rings is 1. The van der Waals surface area contributed by atoms with Crippen molar-refractivity contribution in [2.75, 3.05) is 46.1 Å². The summed E-state index contributed by atoms with van der Waals surface area (Å²) in [5, 5.41) is 8.88. The quantitative estimate of drug-likeness (QED) is 0.823. The second-order valence-electron chi connectivity index (χ2n) is 6.83. The van der Waals surface area contributed by atoms with E-state index in [2.05, 4.69) is 28.9 Å². The van der Waals surface area contributed by atoms with Crippen molar-refractivity contribution in [2.45, 2.75) is 38.4 Å². The molecule has 2 saturated heterocycles. The summed E-state index contributed by atoms with van der Waals surface area (Å²) in [4.78, 5) is 5.19. The van der Waals surface area contributed by atoms with Crippen LogP contribution in [0.1, 0.15) is 25.3 Å². The first kappa shape index (κ1) is 17.7. The highest BCUT2D eigenvalue weighted by atomic mass is 16.5. The van der Waals surface area contributed by atoms with Crippen molar-refractivity contribution in [1.82, 2.24) is 9.80 Å². The number of rotatable bonds is 7. The minimum absolute atomic E-state index is 0.0484. The average Bonchev–Trinajstić information content (AvgIpc) is 2.61. The Morgan fingerprint density at radius 3 is 3.04 bits per heavy atom. The fraction of sp³-hybridized carbons (Fsp3) is 0.684. The zero-order chi connectivity index (χ0) is 16.8. The lowest BCUT2D eigenvalue weighted by Crippen LogP contribution is -2.61. The van der Waals surface area contributed by atoms with Crippen molar-refractivity contribution in [3.63, 3.8) is 0 Å². The fourth-order valence-electron chi connectivity index (χ4n) is 3.88. The molecule has 1 N–H and O–H groups in total. The summed E-state index contributed by atoms with van der Waals surface area (Å²) < 4.78 is 11.4. The van der Waals surface area contributed by atoms with Gasteiger partial charge in [0.05, 0.1) is 19.8 Å². The van der Waals surface area contributed by atoms with Crippen molar-refractivity contribution in [2.24, 2.45) is 0 Å². The van der Waals surface area contributed by atoms with Gasteiger partial charge in [-0.25, -0.2) is 0 Å². The molecule has 2 aliphatic rings. The Morgan fingerprint density at radius 1 is 1.29 bits per heavy atom. The van der Waals surface area contributed by atoms with Crippen LogP contribution in [0.3, 0.4) is 0 Å². The molecule has 0 saturated carbocycles. The van der Waals surface area contributed by atoms with E-state index in [-0.39, 0.29) is 6.61 Å². The van der Waals surface area contributed by atoms with E-state index in [0.29, 0.717) is 18.7 Å². The minimum Gasteiger partial charge on any atom is -0.491 e. The van der Waals surface area contributed by atoms with Crippen molar-refractivity contribution in [3.8, 4) is 5.75 Å². The zero-order valence-electron chi connectivity index (χ0n) is 14.7. The third-order valence-corrected chi connectivity index (χ3v) is 4.99. The lowest BCUT2D eigenvalue weighted by molar-refractivity contribution is -0.0840. The summed E-state index contributed by atoms with van der Waals surface area (Å²) in [6.45, 7) is 8.67. The predicted molar refractivity (Wildman–Crippen MR) is 94.3 cm³/mol. The molecule has 0 aromatic heterocycles. The number of ether oxygens (including phenoxy) is 2. The number of fused-ring (bicyclic) bond motifs is 1. The third-order valence-electron chi connectivity index (χ3n) is 4.99. The van der Waals surface area contributed by atoms with Gasteiger partial charge in [-0.2, -0.15) is 0 Å². The standard InChI is InChI=1S/C19H30N2O3/c1-2-4-17-14-23-15-18-13-20(7-8-21(17)18)12-16-5-3-6-19(11-16)24-10-9-22/h3,5-6,11,17-18,22H,2,4,7-10,12-15H2,1H3/t17-,18+/m0/s1. The maximum atomic E-state index is 8.88. The average molecular weight is 334 g/mol. The van der Waals surface area contributed by atoms with Gasteiger partial charge in [0.25, 0.3) is 0 Å². The van der Waals surface area contributed by atoms with Gasteiger partial charge >= 0.3 is 0 Å². The van der Waals surface area contributed by atoms with E-state index in [1.54, 1.807) is 0 Å². The van der Waals surface area contributed by atoms with E-state index in [9.17, 15) is 0 Å². The van der Waals surface area contributed by atoms with Crippen LogP contribution in [-0.2, 0) is 11.3 Å². The molecule has 1 aromatic rings. The number of nitrogens with zero attached hydrogens (tertiary/aromatic N) is 2. The minimum atomic E-state index is 0.0484. The molecule has 2 atom stereocenters. The van der Waals surface area contributed by atoms with E-state index < -0.39 is 0 Å². The van der Waals surface area contributed by atoms with Crippen molar-refractivity contribution < 1.29 is 14.6 Å². The lowest BCUT2D eigenvalue weighted by atomic mass is 10.0. The molecule has 0 radical (unpaired) electrons. The van der Waals surface area contributed by atoms with Crippen LogP contribution < -0.4 is 4.74 Å². The van der Waals surface area contributed by atoms with Crippen LogP contribution >= 0.6 is 0 Å². The topological polar surface area (TPSA) is 45.2 Å². The van der Waals surface area contributed by atoms with Gasteiger partial charge in [-0.1, -0.05) is 25.5 Å². The summed E-state index contributed by atoms with van der Waals surface area (Å²) in [5.74, 6) is 0.837. The Kier molecular flexibility index (Phi) is 6.49. The lowest BCUT2D eigenvalue weighted by Gasteiger charge is -2.48. The molecule has 0 spiro atoms. The van der Waals surface area contributed by atoms with Gasteiger partial charge in [0.2, 0.25) is 0 Å². The molecular formula is C19H30N2O3. The van der Waals surface area contributed by atoms with Crippen LogP contribution in [0.2, 0.25) is 0 Å². The van der Waals surface area contributed by atoms with Crippen molar-refractivity contribution in [1.29, 1.82) is 0 Å². The van der Waals surface area contributed by atoms with E-state index in [1.807, 2.05) is 12.1 Å². The molecule has 5 nitrogen and oxygen atoms in total. The Hall–Kier alpha value is -1.14. The number of aliphatic hydroxyl groups is 1. The van der Waals surface area contributed by atoms with Gasteiger partial charge in [0, 0.05) is 38.3 Å². The van der Waals surface area contributed by atoms with Gasteiger partial charge in [-0.05, 0) is 24.1 Å². The highest BCUT2D eigenvalue weighted by Crippen LogP contribution is 2.23. The van der Waals surface area contributed by atoms with Gasteiger partial charge in [0.1, 0.15) is 12.4 Å². The molecule has 2 fully saturated rings. The number of benzene rings is 1. The molecule has 2 aliphatic heterocycles. The van der Waals surface area contributed by atoms with Crippen LogP contribution in [0.15, 0.2) is 24.3 Å². The van der Waals surface area contributed by atoms with Gasteiger partial charge in [0.15, 0.2) is 0 Å². The fourth-order valence-corrected chi connectivity index (χ4v) is 3.88. The number of hydrogen-bond acceptors (Lipinski definition) is 5. The molecular weight excluding hydrogens is 304 g/mol. The predicted octanol–water partition coefficient (Wildman–Crippen LogP) is 1.74. The van der Waals surface area contributed by atoms with Crippen molar-refractivity contribution in [3.05, 3.63) is 29.8 Å². The molecule has 0 amide bonds. The van der Waals surface area contributed by atoms with Crippen LogP contribution in [0.5, 0.6) is 5.75 Å². The smallest absolute Gasteiger partial charge is 0.119 e. The Balaban J connectivity index is 1.56. The molecule has 2 heterocycles. The van der Waals surface area contributed by atoms with E-state index >= 15 is 0 Å².